The lowest BCUT2D eigenvalue weighted by Gasteiger charge is -2.11. The molecule has 0 bridgehead atoms. The second kappa shape index (κ2) is 4.93. The molecule has 2 N–H and O–H groups in total. The van der Waals surface area contributed by atoms with Crippen LogP contribution in [0.15, 0.2) is 22.7 Å². The van der Waals surface area contributed by atoms with Gasteiger partial charge in [-0.15, -0.1) is 0 Å². The fourth-order valence-corrected chi connectivity index (χ4v) is 2.09. The Morgan fingerprint density at radius 1 is 1.56 bits per heavy atom. The third-order valence-corrected chi connectivity index (χ3v) is 3.17. The smallest absolute Gasteiger partial charge is 0.241 e. The Labute approximate surface area is 102 Å². The van der Waals surface area contributed by atoms with Gasteiger partial charge in [0, 0.05) is 5.69 Å². The molecule has 1 aromatic carbocycles. The summed E-state index contributed by atoms with van der Waals surface area (Å²) in [6.07, 6.45) is 1.87. The maximum absolute atomic E-state index is 13.0. The molecular weight excluding hydrogens is 275 g/mol. The number of amides is 1. The van der Waals surface area contributed by atoms with Gasteiger partial charge < -0.3 is 10.6 Å². The molecule has 1 saturated heterocycles. The van der Waals surface area contributed by atoms with Gasteiger partial charge in [0.1, 0.15) is 5.82 Å². The maximum Gasteiger partial charge on any atom is 0.241 e. The van der Waals surface area contributed by atoms with E-state index in [9.17, 15) is 9.18 Å². The number of hydrogen-bond acceptors (Lipinski definition) is 2. The summed E-state index contributed by atoms with van der Waals surface area (Å²) in [6.45, 7) is 0.880. The minimum absolute atomic E-state index is 0.0593. The van der Waals surface area contributed by atoms with Gasteiger partial charge in [-0.3, -0.25) is 4.79 Å². The fraction of sp³-hybridized carbons (Fsp3) is 0.364. The Morgan fingerprint density at radius 3 is 3.00 bits per heavy atom. The van der Waals surface area contributed by atoms with Crippen LogP contribution in [0.25, 0.3) is 0 Å². The van der Waals surface area contributed by atoms with Crippen molar-refractivity contribution in [2.75, 3.05) is 11.9 Å². The summed E-state index contributed by atoms with van der Waals surface area (Å²) in [5.74, 6) is -0.395. The van der Waals surface area contributed by atoms with Gasteiger partial charge in [-0.1, -0.05) is 0 Å². The molecule has 1 aliphatic rings. The lowest BCUT2D eigenvalue weighted by molar-refractivity contribution is -0.117. The molecule has 86 valence electrons. The van der Waals surface area contributed by atoms with Crippen molar-refractivity contribution >= 4 is 27.5 Å². The van der Waals surface area contributed by atoms with Crippen LogP contribution in [0.1, 0.15) is 12.8 Å². The van der Waals surface area contributed by atoms with Crippen LogP contribution in [0.3, 0.4) is 0 Å². The van der Waals surface area contributed by atoms with Crippen LogP contribution in [-0.2, 0) is 4.79 Å². The van der Waals surface area contributed by atoms with Gasteiger partial charge >= 0.3 is 0 Å². The zero-order chi connectivity index (χ0) is 11.5. The molecule has 1 fully saturated rings. The topological polar surface area (TPSA) is 41.1 Å². The van der Waals surface area contributed by atoms with E-state index in [4.69, 9.17) is 0 Å². The van der Waals surface area contributed by atoms with Crippen LogP contribution in [0.4, 0.5) is 10.1 Å². The normalized spacial score (nSPS) is 19.8. The third-order valence-electron chi connectivity index (χ3n) is 2.56. The third kappa shape index (κ3) is 2.59. The van der Waals surface area contributed by atoms with Crippen molar-refractivity contribution in [3.8, 4) is 0 Å². The average molecular weight is 287 g/mol. The highest BCUT2D eigenvalue weighted by Gasteiger charge is 2.21. The molecular formula is C11H12BrFN2O. The molecule has 0 radical (unpaired) electrons. The Kier molecular flexibility index (Phi) is 3.56. The van der Waals surface area contributed by atoms with E-state index in [0.29, 0.717) is 10.2 Å². The first-order valence-corrected chi connectivity index (χ1v) is 5.95. The second-order valence-electron chi connectivity index (χ2n) is 3.77. The molecule has 1 atom stereocenters. The summed E-state index contributed by atoms with van der Waals surface area (Å²) in [4.78, 5) is 11.7. The SMILES string of the molecule is O=C(Nc1ccc(F)c(Br)c1)[C@@H]1CCCN1. The number of carbonyl (C=O) groups excluding carboxylic acids is 1. The highest BCUT2D eigenvalue weighted by Crippen LogP contribution is 2.20. The minimum Gasteiger partial charge on any atom is -0.325 e. The zero-order valence-corrected chi connectivity index (χ0v) is 10.2. The van der Waals surface area contributed by atoms with E-state index in [1.165, 1.54) is 6.07 Å². The molecule has 3 nitrogen and oxygen atoms in total. The predicted molar refractivity (Wildman–Crippen MR) is 63.8 cm³/mol. The van der Waals surface area contributed by atoms with E-state index in [2.05, 4.69) is 26.6 Å². The fourth-order valence-electron chi connectivity index (χ4n) is 1.71. The van der Waals surface area contributed by atoms with Crippen LogP contribution in [0.2, 0.25) is 0 Å². The summed E-state index contributed by atoms with van der Waals surface area (Å²) < 4.78 is 13.3. The summed E-state index contributed by atoms with van der Waals surface area (Å²) in [7, 11) is 0. The molecule has 1 amide bonds. The number of rotatable bonds is 2. The van der Waals surface area contributed by atoms with E-state index < -0.39 is 0 Å². The molecule has 0 aliphatic carbocycles. The predicted octanol–water partition coefficient (Wildman–Crippen LogP) is 2.28. The van der Waals surface area contributed by atoms with Gasteiger partial charge in [0.15, 0.2) is 0 Å². The van der Waals surface area contributed by atoms with E-state index in [1.807, 2.05) is 0 Å². The second-order valence-corrected chi connectivity index (χ2v) is 4.62. The lowest BCUT2D eigenvalue weighted by atomic mass is 10.2. The first-order chi connectivity index (χ1) is 7.66. The van der Waals surface area contributed by atoms with Crippen LogP contribution in [0.5, 0.6) is 0 Å². The summed E-state index contributed by atoms with van der Waals surface area (Å²) in [5.41, 5.74) is 0.604. The van der Waals surface area contributed by atoms with Gasteiger partial charge in [-0.25, -0.2) is 4.39 Å². The monoisotopic (exact) mass is 286 g/mol. The molecule has 1 aliphatic heterocycles. The number of carbonyl (C=O) groups is 1. The van der Waals surface area contributed by atoms with E-state index in [-0.39, 0.29) is 17.8 Å². The summed E-state index contributed by atoms with van der Waals surface area (Å²) in [5, 5.41) is 5.86. The number of hydrogen-bond donors (Lipinski definition) is 2. The molecule has 0 unspecified atom stereocenters. The van der Waals surface area contributed by atoms with Crippen molar-refractivity contribution in [3.63, 3.8) is 0 Å². The van der Waals surface area contributed by atoms with E-state index >= 15 is 0 Å². The summed E-state index contributed by atoms with van der Waals surface area (Å²) in [6, 6.07) is 4.31. The highest BCUT2D eigenvalue weighted by molar-refractivity contribution is 9.10. The molecule has 1 heterocycles. The minimum atomic E-state index is -0.336. The van der Waals surface area contributed by atoms with Crippen LogP contribution in [-0.4, -0.2) is 18.5 Å². The van der Waals surface area contributed by atoms with Crippen molar-refractivity contribution in [2.45, 2.75) is 18.9 Å². The molecule has 0 saturated carbocycles. The molecule has 2 rings (SSSR count). The van der Waals surface area contributed by atoms with Crippen LogP contribution >= 0.6 is 15.9 Å². The van der Waals surface area contributed by atoms with Crippen molar-refractivity contribution in [3.05, 3.63) is 28.5 Å². The molecule has 0 aromatic heterocycles. The molecule has 0 spiro atoms. The Bertz CT molecular complexity index is 405. The Morgan fingerprint density at radius 2 is 2.38 bits per heavy atom. The summed E-state index contributed by atoms with van der Waals surface area (Å²) >= 11 is 3.08. The van der Waals surface area contributed by atoms with Crippen molar-refractivity contribution in [1.29, 1.82) is 0 Å². The zero-order valence-electron chi connectivity index (χ0n) is 8.59. The van der Waals surface area contributed by atoms with Gasteiger partial charge in [-0.2, -0.15) is 0 Å². The maximum atomic E-state index is 13.0. The first-order valence-electron chi connectivity index (χ1n) is 5.16. The number of benzene rings is 1. The van der Waals surface area contributed by atoms with Crippen LogP contribution < -0.4 is 10.6 Å². The number of nitrogens with one attached hydrogen (secondary N) is 2. The van der Waals surface area contributed by atoms with Crippen molar-refractivity contribution < 1.29 is 9.18 Å². The Hall–Kier alpha value is -0.940. The highest BCUT2D eigenvalue weighted by atomic mass is 79.9. The van der Waals surface area contributed by atoms with Gasteiger partial charge in [0.25, 0.3) is 0 Å². The molecule has 5 heteroatoms. The quantitative estimate of drug-likeness (QED) is 0.876. The van der Waals surface area contributed by atoms with E-state index in [1.54, 1.807) is 12.1 Å². The number of anilines is 1. The van der Waals surface area contributed by atoms with E-state index in [0.717, 1.165) is 19.4 Å². The molecule has 1 aromatic rings. The van der Waals surface area contributed by atoms with Crippen molar-refractivity contribution in [1.82, 2.24) is 5.32 Å². The Balaban J connectivity index is 2.02. The largest absolute Gasteiger partial charge is 0.325 e. The van der Waals surface area contributed by atoms with Crippen LogP contribution in [0, 0.1) is 5.82 Å². The van der Waals surface area contributed by atoms with Gasteiger partial charge in [-0.05, 0) is 53.5 Å². The number of halogens is 2. The van der Waals surface area contributed by atoms with Crippen molar-refractivity contribution in [2.24, 2.45) is 0 Å². The standard InChI is InChI=1S/C11H12BrFN2O/c12-8-6-7(3-4-9(8)13)15-11(16)10-2-1-5-14-10/h3-4,6,10,14H,1-2,5H2,(H,15,16)/t10-/m0/s1. The lowest BCUT2D eigenvalue weighted by Crippen LogP contribution is -2.35. The average Bonchev–Trinajstić information content (AvgIpc) is 2.77. The van der Waals surface area contributed by atoms with Gasteiger partial charge in [0.05, 0.1) is 10.5 Å². The van der Waals surface area contributed by atoms with Gasteiger partial charge in [0.2, 0.25) is 5.91 Å². The first kappa shape index (κ1) is 11.5. The molecule has 16 heavy (non-hydrogen) atoms.